The first-order valence-electron chi connectivity index (χ1n) is 14.9. The van der Waals surface area contributed by atoms with Gasteiger partial charge in [0.2, 0.25) is 0 Å². The molecule has 0 radical (unpaired) electrons. The summed E-state index contributed by atoms with van der Waals surface area (Å²) in [6, 6.07) is 0. The van der Waals surface area contributed by atoms with Crippen LogP contribution < -0.4 is 0 Å². The summed E-state index contributed by atoms with van der Waals surface area (Å²) in [7, 11) is 0. The molecular formula is C33H54O. The minimum atomic E-state index is 0.208. The van der Waals surface area contributed by atoms with Gasteiger partial charge in [-0.3, -0.25) is 0 Å². The molecule has 34 heavy (non-hydrogen) atoms. The van der Waals surface area contributed by atoms with E-state index in [0.717, 1.165) is 18.3 Å². The standard InChI is InChI=1S/C33H54O/c1-23(2)33(20-21-34)19-17-29(5)16-18-31(7)24(25(29)22-33)10-11-27-30(6)14-9-13-28(3,4)26(30)12-15-32(27,31)8/h10,21,23,25-27H,9,11-20,22H2,1-8H3/t25?,26?,27?,29?,30?,31-,32?,33+/m1/s1. The monoisotopic (exact) mass is 466 g/mol. The van der Waals surface area contributed by atoms with E-state index in [9.17, 15) is 4.79 Å². The molecule has 0 spiro atoms. The highest BCUT2D eigenvalue weighted by atomic mass is 16.1. The highest BCUT2D eigenvalue weighted by molar-refractivity contribution is 5.51. The summed E-state index contributed by atoms with van der Waals surface area (Å²) < 4.78 is 0. The quantitative estimate of drug-likeness (QED) is 0.299. The Kier molecular flexibility index (Phi) is 5.68. The van der Waals surface area contributed by atoms with Crippen LogP contribution in [0.5, 0.6) is 0 Å². The number of fused-ring (bicyclic) bond motifs is 7. The predicted molar refractivity (Wildman–Crippen MR) is 144 cm³/mol. The van der Waals surface area contributed by atoms with Crippen molar-refractivity contribution in [3.63, 3.8) is 0 Å². The Morgan fingerprint density at radius 2 is 1.62 bits per heavy atom. The van der Waals surface area contributed by atoms with Crippen LogP contribution in [0.2, 0.25) is 0 Å². The molecule has 0 saturated heterocycles. The first kappa shape index (κ1) is 25.1. The van der Waals surface area contributed by atoms with Gasteiger partial charge < -0.3 is 4.79 Å². The second kappa shape index (κ2) is 7.71. The molecule has 0 heterocycles. The summed E-state index contributed by atoms with van der Waals surface area (Å²) in [5.41, 5.74) is 4.22. The molecule has 5 aliphatic rings. The predicted octanol–water partition coefficient (Wildman–Crippen LogP) is 9.40. The molecule has 4 saturated carbocycles. The van der Waals surface area contributed by atoms with Crippen molar-refractivity contribution >= 4 is 6.29 Å². The Morgan fingerprint density at radius 1 is 0.912 bits per heavy atom. The fourth-order valence-corrected chi connectivity index (χ4v) is 11.5. The molecule has 0 aliphatic heterocycles. The van der Waals surface area contributed by atoms with E-state index in [1.807, 2.05) is 5.57 Å². The van der Waals surface area contributed by atoms with Crippen LogP contribution in [-0.4, -0.2) is 6.29 Å². The number of hydrogen-bond acceptors (Lipinski definition) is 1. The van der Waals surface area contributed by atoms with Crippen molar-refractivity contribution in [2.24, 2.45) is 56.2 Å². The minimum Gasteiger partial charge on any atom is -0.303 e. The lowest BCUT2D eigenvalue weighted by Crippen LogP contribution is -2.63. The van der Waals surface area contributed by atoms with Crippen LogP contribution in [0.1, 0.15) is 132 Å². The molecule has 5 rings (SSSR count). The maximum atomic E-state index is 11.8. The van der Waals surface area contributed by atoms with Crippen LogP contribution in [0.15, 0.2) is 11.6 Å². The largest absolute Gasteiger partial charge is 0.303 e. The third-order valence-electron chi connectivity index (χ3n) is 14.2. The summed E-state index contributed by atoms with van der Waals surface area (Å²) in [5, 5.41) is 0. The molecule has 8 atom stereocenters. The summed E-state index contributed by atoms with van der Waals surface area (Å²) >= 11 is 0. The Morgan fingerprint density at radius 3 is 2.29 bits per heavy atom. The SMILES string of the molecule is CC(C)[C@]1(CC=O)CCC2(C)CC[C@]3(C)C(=CCC4C5(C)CCCC(C)(C)C5CCC43C)C2C1. The van der Waals surface area contributed by atoms with Crippen LogP contribution in [-0.2, 0) is 4.79 Å². The Labute approximate surface area is 211 Å². The lowest BCUT2D eigenvalue weighted by Gasteiger charge is -2.71. The highest BCUT2D eigenvalue weighted by Gasteiger charge is 2.67. The van der Waals surface area contributed by atoms with E-state index in [0.29, 0.717) is 38.9 Å². The van der Waals surface area contributed by atoms with E-state index in [2.05, 4.69) is 61.5 Å². The smallest absolute Gasteiger partial charge is 0.120 e. The van der Waals surface area contributed by atoms with Gasteiger partial charge in [-0.2, -0.15) is 0 Å². The van der Waals surface area contributed by atoms with Crippen molar-refractivity contribution in [3.8, 4) is 0 Å². The van der Waals surface area contributed by atoms with Crippen LogP contribution in [0.4, 0.5) is 0 Å². The van der Waals surface area contributed by atoms with Crippen molar-refractivity contribution in [2.75, 3.05) is 0 Å². The van der Waals surface area contributed by atoms with E-state index < -0.39 is 0 Å². The van der Waals surface area contributed by atoms with Gasteiger partial charge in [0.25, 0.3) is 0 Å². The van der Waals surface area contributed by atoms with Crippen molar-refractivity contribution < 1.29 is 4.79 Å². The van der Waals surface area contributed by atoms with Gasteiger partial charge in [-0.25, -0.2) is 0 Å². The van der Waals surface area contributed by atoms with Crippen molar-refractivity contribution in [1.29, 1.82) is 0 Å². The summed E-state index contributed by atoms with van der Waals surface area (Å²) in [5.74, 6) is 2.97. The average molecular weight is 467 g/mol. The molecule has 192 valence electrons. The van der Waals surface area contributed by atoms with Crippen molar-refractivity contribution in [1.82, 2.24) is 0 Å². The molecule has 0 aromatic rings. The highest BCUT2D eigenvalue weighted by Crippen LogP contribution is 2.76. The fraction of sp³-hybridized carbons (Fsp3) is 0.909. The lowest BCUT2D eigenvalue weighted by molar-refractivity contribution is -0.181. The van der Waals surface area contributed by atoms with Gasteiger partial charge in [0.15, 0.2) is 0 Å². The molecule has 0 aromatic heterocycles. The van der Waals surface area contributed by atoms with Gasteiger partial charge in [-0.05, 0) is 120 Å². The zero-order chi connectivity index (χ0) is 24.8. The lowest BCUT2D eigenvalue weighted by atomic mass is 9.33. The minimum absolute atomic E-state index is 0.208. The molecule has 1 nitrogen and oxygen atoms in total. The maximum Gasteiger partial charge on any atom is 0.120 e. The third kappa shape index (κ3) is 3.13. The van der Waals surface area contributed by atoms with E-state index in [-0.39, 0.29) is 5.41 Å². The molecule has 0 aromatic carbocycles. The van der Waals surface area contributed by atoms with Gasteiger partial charge in [-0.15, -0.1) is 0 Å². The number of allylic oxidation sites excluding steroid dienone is 2. The maximum absolute atomic E-state index is 11.8. The number of carbonyl (C=O) groups excluding carboxylic acids is 1. The molecule has 6 unspecified atom stereocenters. The second-order valence-electron chi connectivity index (χ2n) is 15.9. The number of carbonyl (C=O) groups is 1. The van der Waals surface area contributed by atoms with Crippen LogP contribution >= 0.6 is 0 Å². The first-order valence-corrected chi connectivity index (χ1v) is 14.9. The van der Waals surface area contributed by atoms with Crippen molar-refractivity contribution in [2.45, 2.75) is 132 Å². The molecule has 4 fully saturated rings. The Hall–Kier alpha value is -0.590. The summed E-state index contributed by atoms with van der Waals surface area (Å²) in [6.45, 7) is 20.7. The molecule has 0 amide bonds. The van der Waals surface area contributed by atoms with Crippen LogP contribution in [0.3, 0.4) is 0 Å². The van der Waals surface area contributed by atoms with Gasteiger partial charge >= 0.3 is 0 Å². The topological polar surface area (TPSA) is 17.1 Å². The number of aldehydes is 1. The van der Waals surface area contributed by atoms with Crippen molar-refractivity contribution in [3.05, 3.63) is 11.6 Å². The normalized spacial score (nSPS) is 52.0. The molecular weight excluding hydrogens is 412 g/mol. The van der Waals surface area contributed by atoms with Crippen LogP contribution in [0.25, 0.3) is 0 Å². The molecule has 5 aliphatic carbocycles. The van der Waals surface area contributed by atoms with Crippen LogP contribution in [0, 0.1) is 56.2 Å². The molecule has 0 bridgehead atoms. The van der Waals surface area contributed by atoms with Gasteiger partial charge in [0, 0.05) is 6.42 Å². The zero-order valence-electron chi connectivity index (χ0n) is 23.9. The van der Waals surface area contributed by atoms with E-state index in [4.69, 9.17) is 0 Å². The molecule has 1 heteroatoms. The summed E-state index contributed by atoms with van der Waals surface area (Å²) in [4.78, 5) is 11.8. The second-order valence-corrected chi connectivity index (χ2v) is 15.9. The number of hydrogen-bond donors (Lipinski definition) is 0. The molecule has 0 N–H and O–H groups in total. The van der Waals surface area contributed by atoms with Gasteiger partial charge in [-0.1, -0.05) is 73.5 Å². The summed E-state index contributed by atoms with van der Waals surface area (Å²) in [6.07, 6.45) is 19.8. The third-order valence-corrected chi connectivity index (χ3v) is 14.2. The number of rotatable bonds is 3. The van der Waals surface area contributed by atoms with E-state index in [1.165, 1.54) is 76.9 Å². The average Bonchev–Trinajstić information content (AvgIpc) is 2.74. The fourth-order valence-electron chi connectivity index (χ4n) is 11.5. The first-order chi connectivity index (χ1) is 15.8. The zero-order valence-corrected chi connectivity index (χ0v) is 23.9. The Balaban J connectivity index is 1.56. The van der Waals surface area contributed by atoms with E-state index in [1.54, 1.807) is 0 Å². The van der Waals surface area contributed by atoms with Gasteiger partial charge in [0.05, 0.1) is 0 Å². The van der Waals surface area contributed by atoms with Gasteiger partial charge in [0.1, 0.15) is 6.29 Å². The Bertz CT molecular complexity index is 866. The van der Waals surface area contributed by atoms with E-state index >= 15 is 0 Å².